The van der Waals surface area contributed by atoms with Gasteiger partial charge in [-0.15, -0.1) is 0 Å². The highest BCUT2D eigenvalue weighted by Gasteiger charge is 2.12. The van der Waals surface area contributed by atoms with Crippen molar-refractivity contribution in [3.05, 3.63) is 21.0 Å². The second kappa shape index (κ2) is 6.44. The number of thioether (sulfide) groups is 1. The van der Waals surface area contributed by atoms with Gasteiger partial charge in [0.2, 0.25) is 0 Å². The zero-order chi connectivity index (χ0) is 13.0. The van der Waals surface area contributed by atoms with Crippen LogP contribution in [0.2, 0.25) is 0 Å². The first-order valence-corrected chi connectivity index (χ1v) is 7.68. The number of rotatable bonds is 5. The Labute approximate surface area is 114 Å². The lowest BCUT2D eigenvalue weighted by Crippen LogP contribution is -2.27. The second-order valence-corrected chi connectivity index (χ2v) is 5.92. The number of aromatic nitrogens is 2. The summed E-state index contributed by atoms with van der Waals surface area (Å²) < 4.78 is 2.02. The zero-order valence-electron chi connectivity index (χ0n) is 10.5. The fourth-order valence-corrected chi connectivity index (χ4v) is 2.45. The SMILES string of the molecule is CSCC(C)Nc1cnn(C(C)C)c(=O)c1Br. The van der Waals surface area contributed by atoms with Crippen molar-refractivity contribution >= 4 is 33.4 Å². The highest BCUT2D eigenvalue weighted by atomic mass is 79.9. The summed E-state index contributed by atoms with van der Waals surface area (Å²) in [5, 5.41) is 7.43. The topological polar surface area (TPSA) is 46.9 Å². The molecule has 0 amide bonds. The van der Waals surface area contributed by atoms with Gasteiger partial charge in [0.15, 0.2) is 0 Å². The minimum atomic E-state index is -0.0960. The van der Waals surface area contributed by atoms with E-state index in [1.165, 1.54) is 4.68 Å². The van der Waals surface area contributed by atoms with Crippen LogP contribution in [0, 0.1) is 0 Å². The Morgan fingerprint density at radius 2 is 2.18 bits per heavy atom. The van der Waals surface area contributed by atoms with Gasteiger partial charge in [0.25, 0.3) is 5.56 Å². The van der Waals surface area contributed by atoms with Gasteiger partial charge in [0.05, 0.1) is 17.9 Å². The number of nitrogens with one attached hydrogen (secondary N) is 1. The Bertz CT molecular complexity index is 433. The van der Waals surface area contributed by atoms with E-state index in [2.05, 4.69) is 39.5 Å². The van der Waals surface area contributed by atoms with E-state index < -0.39 is 0 Å². The fourth-order valence-electron chi connectivity index (χ4n) is 1.47. The van der Waals surface area contributed by atoms with Crippen LogP contribution < -0.4 is 10.9 Å². The van der Waals surface area contributed by atoms with Gasteiger partial charge in [-0.1, -0.05) is 0 Å². The summed E-state index contributed by atoms with van der Waals surface area (Å²) in [5.41, 5.74) is 0.662. The Hall–Kier alpha value is -0.490. The molecule has 1 N–H and O–H groups in total. The van der Waals surface area contributed by atoms with Crippen molar-refractivity contribution in [2.24, 2.45) is 0 Å². The van der Waals surface area contributed by atoms with E-state index in [0.717, 1.165) is 11.4 Å². The predicted octanol–water partition coefficient (Wildman–Crippen LogP) is 2.75. The lowest BCUT2D eigenvalue weighted by Gasteiger charge is -2.16. The molecule has 1 heterocycles. The molecule has 1 aromatic rings. The van der Waals surface area contributed by atoms with E-state index in [-0.39, 0.29) is 11.6 Å². The van der Waals surface area contributed by atoms with Crippen LogP contribution in [0.25, 0.3) is 0 Å². The Morgan fingerprint density at radius 3 is 2.71 bits per heavy atom. The molecule has 1 aromatic heterocycles. The molecule has 0 aliphatic carbocycles. The molecule has 0 spiro atoms. The van der Waals surface area contributed by atoms with Crippen LogP contribution in [0.5, 0.6) is 0 Å². The smallest absolute Gasteiger partial charge is 0.283 e. The maximum atomic E-state index is 12.0. The van der Waals surface area contributed by atoms with Crippen LogP contribution in [-0.4, -0.2) is 27.8 Å². The number of hydrogen-bond acceptors (Lipinski definition) is 4. The molecule has 0 aliphatic rings. The molecule has 0 saturated carbocycles. The lowest BCUT2D eigenvalue weighted by molar-refractivity contribution is 0.501. The summed E-state index contributed by atoms with van der Waals surface area (Å²) in [4.78, 5) is 12.0. The minimum absolute atomic E-state index is 0.0662. The Kier molecular flexibility index (Phi) is 5.52. The van der Waals surface area contributed by atoms with Crippen LogP contribution >= 0.6 is 27.7 Å². The number of hydrogen-bond donors (Lipinski definition) is 1. The molecule has 0 aliphatic heterocycles. The summed E-state index contributed by atoms with van der Waals surface area (Å²) in [6, 6.07) is 0.369. The molecular formula is C11H18BrN3OS. The van der Waals surface area contributed by atoms with Gasteiger partial charge in [-0.2, -0.15) is 16.9 Å². The third kappa shape index (κ3) is 3.74. The largest absolute Gasteiger partial charge is 0.379 e. The second-order valence-electron chi connectivity index (χ2n) is 4.22. The molecule has 0 fully saturated rings. The van der Waals surface area contributed by atoms with Gasteiger partial charge in [-0.25, -0.2) is 4.68 Å². The van der Waals surface area contributed by atoms with Gasteiger partial charge < -0.3 is 5.32 Å². The standard InChI is InChI=1S/C11H18BrN3OS/c1-7(2)15-11(16)10(12)9(5-13-15)14-8(3)6-17-4/h5,7-8,14H,6H2,1-4H3. The number of nitrogens with zero attached hydrogens (tertiary/aromatic N) is 2. The Morgan fingerprint density at radius 1 is 1.53 bits per heavy atom. The third-order valence-electron chi connectivity index (χ3n) is 2.25. The highest BCUT2D eigenvalue weighted by Crippen LogP contribution is 2.18. The molecule has 4 nitrogen and oxygen atoms in total. The van der Waals surface area contributed by atoms with Crippen LogP contribution in [0.4, 0.5) is 5.69 Å². The number of anilines is 1. The molecule has 0 saturated heterocycles. The van der Waals surface area contributed by atoms with Crippen LogP contribution in [0.15, 0.2) is 15.5 Å². The summed E-state index contributed by atoms with van der Waals surface area (Å²) in [7, 11) is 0. The fraction of sp³-hybridized carbons (Fsp3) is 0.636. The van der Waals surface area contributed by atoms with E-state index in [0.29, 0.717) is 10.5 Å². The van der Waals surface area contributed by atoms with Gasteiger partial charge >= 0.3 is 0 Å². The van der Waals surface area contributed by atoms with Crippen molar-refractivity contribution in [2.75, 3.05) is 17.3 Å². The van der Waals surface area contributed by atoms with Crippen molar-refractivity contribution in [1.82, 2.24) is 9.78 Å². The van der Waals surface area contributed by atoms with Crippen molar-refractivity contribution < 1.29 is 0 Å². The molecule has 0 radical (unpaired) electrons. The normalized spacial score (nSPS) is 12.8. The first-order chi connectivity index (χ1) is 7.97. The quantitative estimate of drug-likeness (QED) is 0.906. The van der Waals surface area contributed by atoms with E-state index in [4.69, 9.17) is 0 Å². The molecule has 0 aromatic carbocycles. The predicted molar refractivity (Wildman–Crippen MR) is 78.0 cm³/mol. The van der Waals surface area contributed by atoms with E-state index in [1.54, 1.807) is 18.0 Å². The average molecular weight is 320 g/mol. The van der Waals surface area contributed by atoms with E-state index in [9.17, 15) is 4.79 Å². The molecule has 1 unspecified atom stereocenters. The maximum Gasteiger partial charge on any atom is 0.283 e. The molecule has 96 valence electrons. The van der Waals surface area contributed by atoms with E-state index in [1.807, 2.05) is 13.8 Å². The third-order valence-corrected chi connectivity index (χ3v) is 3.85. The summed E-state index contributed by atoms with van der Waals surface area (Å²) in [6.07, 6.45) is 3.75. The van der Waals surface area contributed by atoms with Crippen molar-refractivity contribution in [3.8, 4) is 0 Å². The van der Waals surface area contributed by atoms with Gasteiger partial charge in [0.1, 0.15) is 4.47 Å². The van der Waals surface area contributed by atoms with Crippen LogP contribution in [0.1, 0.15) is 26.8 Å². The maximum absolute atomic E-state index is 12.0. The summed E-state index contributed by atoms with van der Waals surface area (Å²) >= 11 is 5.10. The number of halogens is 1. The van der Waals surface area contributed by atoms with Gasteiger partial charge in [-0.3, -0.25) is 4.79 Å². The van der Waals surface area contributed by atoms with Crippen LogP contribution in [0.3, 0.4) is 0 Å². The van der Waals surface area contributed by atoms with Crippen molar-refractivity contribution in [1.29, 1.82) is 0 Å². The zero-order valence-corrected chi connectivity index (χ0v) is 12.9. The Balaban J connectivity index is 2.97. The highest BCUT2D eigenvalue weighted by molar-refractivity contribution is 9.10. The van der Waals surface area contributed by atoms with Crippen molar-refractivity contribution in [3.63, 3.8) is 0 Å². The molecule has 6 heteroatoms. The molecule has 1 rings (SSSR count). The summed E-state index contributed by atoms with van der Waals surface area (Å²) in [5.74, 6) is 0.986. The monoisotopic (exact) mass is 319 g/mol. The minimum Gasteiger partial charge on any atom is -0.379 e. The van der Waals surface area contributed by atoms with Gasteiger partial charge in [0, 0.05) is 11.8 Å². The first kappa shape index (κ1) is 14.6. The first-order valence-electron chi connectivity index (χ1n) is 5.50. The van der Waals surface area contributed by atoms with E-state index >= 15 is 0 Å². The average Bonchev–Trinajstić information content (AvgIpc) is 2.25. The van der Waals surface area contributed by atoms with Gasteiger partial charge in [-0.05, 0) is 43.0 Å². The van der Waals surface area contributed by atoms with Crippen molar-refractivity contribution in [2.45, 2.75) is 32.9 Å². The summed E-state index contributed by atoms with van der Waals surface area (Å²) in [6.45, 7) is 5.95. The molecular weight excluding hydrogens is 302 g/mol. The molecule has 1 atom stereocenters. The molecule has 17 heavy (non-hydrogen) atoms. The van der Waals surface area contributed by atoms with Crippen LogP contribution in [-0.2, 0) is 0 Å². The lowest BCUT2D eigenvalue weighted by atomic mass is 10.3. The molecule has 0 bridgehead atoms.